The largest absolute Gasteiger partial charge is 0.468 e. The van der Waals surface area contributed by atoms with Gasteiger partial charge in [0, 0.05) is 21.3 Å². The Morgan fingerprint density at radius 1 is 1.67 bits per heavy atom. The van der Waals surface area contributed by atoms with E-state index in [1.165, 1.54) is 12.0 Å². The molecule has 0 aliphatic heterocycles. The van der Waals surface area contributed by atoms with Crippen molar-refractivity contribution in [3.8, 4) is 0 Å². The monoisotopic (exact) mass is 291 g/mol. The van der Waals surface area contributed by atoms with Crippen molar-refractivity contribution in [2.75, 3.05) is 7.11 Å². The molecule has 0 aromatic carbocycles. The van der Waals surface area contributed by atoms with Crippen molar-refractivity contribution in [3.63, 3.8) is 0 Å². The first-order valence-corrected chi connectivity index (χ1v) is 6.19. The van der Waals surface area contributed by atoms with E-state index in [4.69, 9.17) is 4.74 Å². The summed E-state index contributed by atoms with van der Waals surface area (Å²) in [5, 5.41) is 5.17. The number of esters is 1. The molecule has 3 nitrogen and oxygen atoms in total. The van der Waals surface area contributed by atoms with Gasteiger partial charge in [0.1, 0.15) is 5.54 Å². The highest BCUT2D eigenvalue weighted by molar-refractivity contribution is 9.10. The minimum absolute atomic E-state index is 0.252. The Morgan fingerprint density at radius 3 is 2.80 bits per heavy atom. The molecule has 0 bridgehead atoms. The lowest BCUT2D eigenvalue weighted by molar-refractivity contribution is -0.147. The van der Waals surface area contributed by atoms with Gasteiger partial charge in [-0.15, -0.1) is 11.3 Å². The first kappa shape index (κ1) is 12.7. The Bertz CT molecular complexity index is 349. The molecule has 1 aromatic heterocycles. The Hall–Kier alpha value is -0.390. The van der Waals surface area contributed by atoms with E-state index in [1.54, 1.807) is 11.3 Å². The van der Waals surface area contributed by atoms with Crippen LogP contribution >= 0.6 is 27.3 Å². The van der Waals surface area contributed by atoms with Gasteiger partial charge < -0.3 is 4.74 Å². The number of methoxy groups -OCH3 is 1. The summed E-state index contributed by atoms with van der Waals surface area (Å²) in [6, 6.07) is 2.03. The number of rotatable bonds is 4. The van der Waals surface area contributed by atoms with Gasteiger partial charge >= 0.3 is 5.97 Å². The predicted octanol–water partition coefficient (Wildman–Crippen LogP) is 2.55. The summed E-state index contributed by atoms with van der Waals surface area (Å²) in [5.41, 5.74) is -0.648. The van der Waals surface area contributed by atoms with Crippen LogP contribution in [-0.2, 0) is 16.1 Å². The van der Waals surface area contributed by atoms with Crippen LogP contribution in [0.5, 0.6) is 0 Å². The third-order valence-electron chi connectivity index (χ3n) is 2.02. The van der Waals surface area contributed by atoms with Gasteiger partial charge in [-0.3, -0.25) is 10.1 Å². The molecular formula is C10H14BrNO2S. The standard InChI is InChI=1S/C10H14BrNO2S/c1-10(2,9(13)14-3)12-5-8-4-7(11)6-15-8/h4,6,12H,5H2,1-3H3. The quantitative estimate of drug-likeness (QED) is 0.867. The van der Waals surface area contributed by atoms with Crippen LogP contribution in [0.15, 0.2) is 15.9 Å². The molecule has 5 heteroatoms. The van der Waals surface area contributed by atoms with Crippen LogP contribution < -0.4 is 5.32 Å². The molecule has 0 radical (unpaired) electrons. The lowest BCUT2D eigenvalue weighted by atomic mass is 10.1. The van der Waals surface area contributed by atoms with Crippen LogP contribution in [-0.4, -0.2) is 18.6 Å². The lowest BCUT2D eigenvalue weighted by Crippen LogP contribution is -2.46. The fraction of sp³-hybridized carbons (Fsp3) is 0.500. The molecule has 0 atom stereocenters. The lowest BCUT2D eigenvalue weighted by Gasteiger charge is -2.22. The number of carbonyl (C=O) groups excluding carboxylic acids is 1. The van der Waals surface area contributed by atoms with Crippen molar-refractivity contribution < 1.29 is 9.53 Å². The summed E-state index contributed by atoms with van der Waals surface area (Å²) in [4.78, 5) is 12.5. The molecule has 0 aliphatic rings. The number of carbonyl (C=O) groups is 1. The smallest absolute Gasteiger partial charge is 0.325 e. The number of halogens is 1. The van der Waals surface area contributed by atoms with Crippen LogP contribution in [0.1, 0.15) is 18.7 Å². The first-order valence-electron chi connectivity index (χ1n) is 4.52. The van der Waals surface area contributed by atoms with Crippen molar-refractivity contribution >= 4 is 33.2 Å². The minimum Gasteiger partial charge on any atom is -0.468 e. The molecule has 84 valence electrons. The highest BCUT2D eigenvalue weighted by Crippen LogP contribution is 2.20. The number of thiophene rings is 1. The van der Waals surface area contributed by atoms with E-state index in [0.29, 0.717) is 6.54 Å². The maximum atomic E-state index is 11.4. The molecule has 0 fully saturated rings. The molecule has 0 amide bonds. The second-order valence-electron chi connectivity index (χ2n) is 3.70. The van der Waals surface area contributed by atoms with Crippen LogP contribution in [0.25, 0.3) is 0 Å². The van der Waals surface area contributed by atoms with E-state index < -0.39 is 5.54 Å². The van der Waals surface area contributed by atoms with Crippen molar-refractivity contribution in [2.24, 2.45) is 0 Å². The van der Waals surface area contributed by atoms with Gasteiger partial charge in [-0.05, 0) is 35.8 Å². The molecule has 0 saturated carbocycles. The Kier molecular flexibility index (Phi) is 4.31. The van der Waals surface area contributed by atoms with E-state index in [1.807, 2.05) is 25.3 Å². The number of ether oxygens (including phenoxy) is 1. The van der Waals surface area contributed by atoms with Gasteiger partial charge in [0.25, 0.3) is 0 Å². The predicted molar refractivity (Wildman–Crippen MR) is 65.0 cm³/mol. The average Bonchev–Trinajstić information content (AvgIpc) is 2.60. The maximum absolute atomic E-state index is 11.4. The van der Waals surface area contributed by atoms with Crippen molar-refractivity contribution in [1.29, 1.82) is 0 Å². The normalized spacial score (nSPS) is 11.5. The highest BCUT2D eigenvalue weighted by atomic mass is 79.9. The first-order chi connectivity index (χ1) is 6.95. The Labute approximate surface area is 102 Å². The zero-order valence-corrected chi connectivity index (χ0v) is 11.4. The number of nitrogens with one attached hydrogen (secondary N) is 1. The van der Waals surface area contributed by atoms with Gasteiger partial charge in [-0.25, -0.2) is 0 Å². The van der Waals surface area contributed by atoms with Gasteiger partial charge in [0.2, 0.25) is 0 Å². The number of hydrogen-bond acceptors (Lipinski definition) is 4. The third kappa shape index (κ3) is 3.59. The molecule has 0 unspecified atom stereocenters. The summed E-state index contributed by atoms with van der Waals surface area (Å²) < 4.78 is 5.77. The number of hydrogen-bond donors (Lipinski definition) is 1. The highest BCUT2D eigenvalue weighted by Gasteiger charge is 2.27. The molecule has 1 rings (SSSR count). The molecule has 0 spiro atoms. The molecule has 1 heterocycles. The summed E-state index contributed by atoms with van der Waals surface area (Å²) in [5.74, 6) is -0.252. The van der Waals surface area contributed by atoms with Crippen molar-refractivity contribution in [3.05, 3.63) is 20.8 Å². The van der Waals surface area contributed by atoms with Crippen LogP contribution in [0.3, 0.4) is 0 Å². The molecular weight excluding hydrogens is 278 g/mol. The summed E-state index contributed by atoms with van der Waals surface area (Å²) in [6.07, 6.45) is 0. The SMILES string of the molecule is COC(=O)C(C)(C)NCc1cc(Br)cs1. The third-order valence-corrected chi connectivity index (χ3v) is 3.72. The van der Waals surface area contributed by atoms with Crippen molar-refractivity contribution in [2.45, 2.75) is 25.9 Å². The average molecular weight is 292 g/mol. The second kappa shape index (κ2) is 5.09. The van der Waals surface area contributed by atoms with E-state index in [-0.39, 0.29) is 5.97 Å². The fourth-order valence-electron chi connectivity index (χ4n) is 1.08. The van der Waals surface area contributed by atoms with E-state index in [2.05, 4.69) is 21.2 Å². The van der Waals surface area contributed by atoms with Crippen molar-refractivity contribution in [1.82, 2.24) is 5.32 Å². The van der Waals surface area contributed by atoms with Crippen LogP contribution in [0.4, 0.5) is 0 Å². The molecule has 1 aromatic rings. The van der Waals surface area contributed by atoms with Gasteiger partial charge in [0.15, 0.2) is 0 Å². The van der Waals surface area contributed by atoms with Gasteiger partial charge in [-0.1, -0.05) is 0 Å². The van der Waals surface area contributed by atoms with Crippen LogP contribution in [0.2, 0.25) is 0 Å². The Balaban J connectivity index is 2.53. The van der Waals surface area contributed by atoms with Crippen LogP contribution in [0, 0.1) is 0 Å². The molecule has 15 heavy (non-hydrogen) atoms. The Morgan fingerprint density at radius 2 is 2.33 bits per heavy atom. The summed E-state index contributed by atoms with van der Waals surface area (Å²) in [6.45, 7) is 4.28. The molecule has 1 N–H and O–H groups in total. The summed E-state index contributed by atoms with van der Waals surface area (Å²) >= 11 is 5.03. The molecule has 0 saturated heterocycles. The molecule has 0 aliphatic carbocycles. The summed E-state index contributed by atoms with van der Waals surface area (Å²) in [7, 11) is 1.40. The van der Waals surface area contributed by atoms with Gasteiger partial charge in [-0.2, -0.15) is 0 Å². The minimum atomic E-state index is -0.648. The van der Waals surface area contributed by atoms with E-state index in [9.17, 15) is 4.79 Å². The zero-order valence-electron chi connectivity index (χ0n) is 8.96. The fourth-order valence-corrected chi connectivity index (χ4v) is 2.47. The maximum Gasteiger partial charge on any atom is 0.325 e. The second-order valence-corrected chi connectivity index (χ2v) is 5.61. The van der Waals surface area contributed by atoms with E-state index >= 15 is 0 Å². The topological polar surface area (TPSA) is 38.3 Å². The zero-order chi connectivity index (χ0) is 11.5. The van der Waals surface area contributed by atoms with E-state index in [0.717, 1.165) is 4.47 Å². The van der Waals surface area contributed by atoms with Gasteiger partial charge in [0.05, 0.1) is 7.11 Å².